The van der Waals surface area contributed by atoms with Gasteiger partial charge in [-0.3, -0.25) is 9.59 Å². The highest BCUT2D eigenvalue weighted by Gasteiger charge is 2.48. The Morgan fingerprint density at radius 3 is 2.59 bits per heavy atom. The molecule has 2 aromatic heterocycles. The lowest BCUT2D eigenvalue weighted by molar-refractivity contribution is -0.134. The predicted octanol–water partition coefficient (Wildman–Crippen LogP) is 3.56. The van der Waals surface area contributed by atoms with Crippen molar-refractivity contribution in [3.8, 4) is 10.4 Å². The number of amides is 2. The molecule has 37 heavy (non-hydrogen) atoms. The van der Waals surface area contributed by atoms with Crippen molar-refractivity contribution in [1.29, 1.82) is 0 Å². The van der Waals surface area contributed by atoms with Crippen LogP contribution in [0.25, 0.3) is 10.4 Å². The molecule has 0 bridgehead atoms. The van der Waals surface area contributed by atoms with E-state index in [1.807, 2.05) is 57.5 Å². The van der Waals surface area contributed by atoms with E-state index in [0.717, 1.165) is 21.7 Å². The third-order valence-corrected chi connectivity index (χ3v) is 8.24. The number of nitrogens with zero attached hydrogens (tertiary/aromatic N) is 4. The molecule has 10 heteroatoms. The maximum atomic E-state index is 13.8. The number of carbonyl (C=O) groups excluding carboxylic acids is 2. The lowest BCUT2D eigenvalue weighted by atomic mass is 9.90. The van der Waals surface area contributed by atoms with Gasteiger partial charge < -0.3 is 19.8 Å². The number of thiazole rings is 1. The molecule has 2 aliphatic heterocycles. The number of carbonyl (C=O) groups is 2. The quantitative estimate of drug-likeness (QED) is 0.509. The molecule has 9 nitrogen and oxygen atoms in total. The highest BCUT2D eigenvalue weighted by molar-refractivity contribution is 7.13. The summed E-state index contributed by atoms with van der Waals surface area (Å²) in [5.74, 6) is -0.218. The highest BCUT2D eigenvalue weighted by Crippen LogP contribution is 2.35. The Morgan fingerprint density at radius 2 is 2.00 bits per heavy atom. The van der Waals surface area contributed by atoms with E-state index in [9.17, 15) is 14.7 Å². The Balaban J connectivity index is 1.39. The summed E-state index contributed by atoms with van der Waals surface area (Å²) in [5.41, 5.74) is 4.23. The van der Waals surface area contributed by atoms with E-state index in [1.165, 1.54) is 0 Å². The molecule has 0 radical (unpaired) electrons. The lowest BCUT2D eigenvalue weighted by Crippen LogP contribution is -2.51. The number of amidine groups is 1. The Hall–Kier alpha value is -3.37. The molecule has 1 unspecified atom stereocenters. The Morgan fingerprint density at radius 1 is 1.27 bits per heavy atom. The van der Waals surface area contributed by atoms with E-state index in [4.69, 9.17) is 4.52 Å². The maximum absolute atomic E-state index is 13.8. The van der Waals surface area contributed by atoms with Crippen LogP contribution in [0.1, 0.15) is 55.8 Å². The summed E-state index contributed by atoms with van der Waals surface area (Å²) in [4.78, 5) is 38.3. The number of aromatic nitrogens is 2. The summed E-state index contributed by atoms with van der Waals surface area (Å²) in [6.45, 7) is 9.64. The van der Waals surface area contributed by atoms with Gasteiger partial charge in [0.05, 0.1) is 33.9 Å². The predicted molar refractivity (Wildman–Crippen MR) is 140 cm³/mol. The summed E-state index contributed by atoms with van der Waals surface area (Å²) in [6, 6.07) is 9.04. The average molecular weight is 522 g/mol. The van der Waals surface area contributed by atoms with Crippen molar-refractivity contribution in [3.05, 3.63) is 58.6 Å². The SMILES string of the molecule is Cc1cc(C(C(=O)N2C[C@H](O)C[C@@H]2C2=NC(=O)[C@@](C)(c3ccc(-c4scnc4C)cc3)N2)C(C)C)on1. The van der Waals surface area contributed by atoms with Crippen molar-refractivity contribution < 1.29 is 19.2 Å². The smallest absolute Gasteiger partial charge is 0.277 e. The Bertz CT molecular complexity index is 1360. The minimum Gasteiger partial charge on any atom is -0.391 e. The van der Waals surface area contributed by atoms with Crippen LogP contribution in [0.15, 0.2) is 45.4 Å². The monoisotopic (exact) mass is 521 g/mol. The zero-order valence-electron chi connectivity index (χ0n) is 21.6. The van der Waals surface area contributed by atoms with Gasteiger partial charge in [-0.25, -0.2) is 4.98 Å². The molecule has 1 aromatic carbocycles. The second kappa shape index (κ2) is 9.50. The second-order valence-corrected chi connectivity index (χ2v) is 11.2. The van der Waals surface area contributed by atoms with Gasteiger partial charge in [0, 0.05) is 19.0 Å². The molecule has 3 aromatic rings. The molecular formula is C27H31N5O4S. The van der Waals surface area contributed by atoms with Gasteiger partial charge in [-0.1, -0.05) is 43.3 Å². The molecule has 2 aliphatic rings. The number of nitrogens with one attached hydrogen (secondary N) is 1. The second-order valence-electron chi connectivity index (χ2n) is 10.4. The van der Waals surface area contributed by atoms with Crippen molar-refractivity contribution in [3.63, 3.8) is 0 Å². The van der Waals surface area contributed by atoms with E-state index < -0.39 is 23.6 Å². The van der Waals surface area contributed by atoms with Crippen molar-refractivity contribution >= 4 is 29.0 Å². The zero-order chi connectivity index (χ0) is 26.5. The van der Waals surface area contributed by atoms with Crippen LogP contribution in [-0.2, 0) is 15.1 Å². The van der Waals surface area contributed by atoms with E-state index >= 15 is 0 Å². The number of hydrogen-bond acceptors (Lipinski definition) is 8. The van der Waals surface area contributed by atoms with Crippen LogP contribution in [0.2, 0.25) is 0 Å². The number of rotatable bonds is 6. The first-order valence-electron chi connectivity index (χ1n) is 12.4. The first kappa shape index (κ1) is 25.3. The fraction of sp³-hybridized carbons (Fsp3) is 0.444. The number of aliphatic hydroxyl groups is 1. The average Bonchev–Trinajstić information content (AvgIpc) is 3.62. The molecule has 1 saturated heterocycles. The standard InChI is InChI=1S/C27H31N5O4S/c1-14(2)22(21-10-15(3)31-36-21)25(34)32-12-19(33)11-20(32)24-29-26(35)27(5,30-24)18-8-6-17(7-9-18)23-16(4)28-13-37-23/h6-10,13-14,19-20,22,33H,11-12H2,1-5H3,(H,29,30,35)/t19-,20-,22?,27-/m1/s1. The minimum atomic E-state index is -1.07. The van der Waals surface area contributed by atoms with Crippen LogP contribution < -0.4 is 5.32 Å². The van der Waals surface area contributed by atoms with Crippen LogP contribution in [0, 0.1) is 19.8 Å². The van der Waals surface area contributed by atoms with E-state index in [0.29, 0.717) is 23.7 Å². The summed E-state index contributed by atoms with van der Waals surface area (Å²) in [7, 11) is 0. The first-order valence-corrected chi connectivity index (χ1v) is 13.3. The first-order chi connectivity index (χ1) is 17.6. The molecule has 0 saturated carbocycles. The zero-order valence-corrected chi connectivity index (χ0v) is 22.4. The number of β-amino-alcohol motifs (C(OH)–C–C–N with tert-alkyl or cyclic N) is 1. The topological polar surface area (TPSA) is 121 Å². The van der Waals surface area contributed by atoms with E-state index in [-0.39, 0.29) is 24.3 Å². The van der Waals surface area contributed by atoms with Gasteiger partial charge in [-0.2, -0.15) is 4.99 Å². The van der Waals surface area contributed by atoms with Crippen LogP contribution >= 0.6 is 11.3 Å². The largest absolute Gasteiger partial charge is 0.391 e. The van der Waals surface area contributed by atoms with Gasteiger partial charge >= 0.3 is 0 Å². The summed E-state index contributed by atoms with van der Waals surface area (Å²) in [5, 5.41) is 17.8. The molecule has 0 aliphatic carbocycles. The van der Waals surface area contributed by atoms with Crippen molar-refractivity contribution in [1.82, 2.24) is 20.4 Å². The van der Waals surface area contributed by atoms with Gasteiger partial charge in [-0.05, 0) is 37.8 Å². The molecule has 0 spiro atoms. The van der Waals surface area contributed by atoms with Crippen LogP contribution in [-0.4, -0.2) is 56.5 Å². The van der Waals surface area contributed by atoms with Crippen LogP contribution in [0.4, 0.5) is 0 Å². The van der Waals surface area contributed by atoms with Gasteiger partial charge in [0.15, 0.2) is 0 Å². The number of aryl methyl sites for hydroxylation is 2. The molecule has 2 N–H and O–H groups in total. The molecule has 194 valence electrons. The number of aliphatic imine (C=N–C) groups is 1. The van der Waals surface area contributed by atoms with E-state index in [1.54, 1.807) is 29.2 Å². The van der Waals surface area contributed by atoms with Gasteiger partial charge in [0.25, 0.3) is 5.91 Å². The Kier molecular flexibility index (Phi) is 6.49. The minimum absolute atomic E-state index is 0.0516. The third kappa shape index (κ3) is 4.48. The summed E-state index contributed by atoms with van der Waals surface area (Å²) >= 11 is 1.58. The number of likely N-dealkylation sites (tertiary alicyclic amines) is 1. The highest BCUT2D eigenvalue weighted by atomic mass is 32.1. The number of hydrogen-bond donors (Lipinski definition) is 2. The molecule has 5 rings (SSSR count). The van der Waals surface area contributed by atoms with Crippen LogP contribution in [0.3, 0.4) is 0 Å². The molecule has 1 fully saturated rings. The summed E-state index contributed by atoms with van der Waals surface area (Å²) in [6.07, 6.45) is -0.420. The van der Waals surface area contributed by atoms with Gasteiger partial charge in [-0.15, -0.1) is 11.3 Å². The maximum Gasteiger partial charge on any atom is 0.277 e. The number of benzene rings is 1. The Labute approximate surface area is 219 Å². The third-order valence-electron chi connectivity index (χ3n) is 7.26. The fourth-order valence-corrected chi connectivity index (χ4v) is 6.02. The van der Waals surface area contributed by atoms with Crippen LogP contribution in [0.5, 0.6) is 0 Å². The van der Waals surface area contributed by atoms with E-state index in [2.05, 4.69) is 20.4 Å². The normalized spacial score (nSPS) is 24.5. The molecule has 2 amide bonds. The molecule has 4 atom stereocenters. The summed E-state index contributed by atoms with van der Waals surface area (Å²) < 4.78 is 5.44. The lowest BCUT2D eigenvalue weighted by Gasteiger charge is -2.31. The van der Waals surface area contributed by atoms with Crippen molar-refractivity contribution in [2.45, 2.75) is 64.6 Å². The van der Waals surface area contributed by atoms with Gasteiger partial charge in [0.1, 0.15) is 23.1 Å². The van der Waals surface area contributed by atoms with Crippen molar-refractivity contribution in [2.75, 3.05) is 6.54 Å². The van der Waals surface area contributed by atoms with Crippen molar-refractivity contribution in [2.24, 2.45) is 10.9 Å². The molecular weight excluding hydrogens is 490 g/mol. The van der Waals surface area contributed by atoms with Gasteiger partial charge in [0.2, 0.25) is 5.91 Å². The fourth-order valence-electron chi connectivity index (χ4n) is 5.21. The molecule has 4 heterocycles. The number of aliphatic hydroxyl groups excluding tert-OH is 1.